The smallest absolute Gasteiger partial charge is 0.305 e. The fourth-order valence-electron chi connectivity index (χ4n) is 4.17. The zero-order valence-corrected chi connectivity index (χ0v) is 25.1. The number of amides is 1. The quantitative estimate of drug-likeness (QED) is 0.211. The molecule has 4 rings (SSSR count). The van der Waals surface area contributed by atoms with Gasteiger partial charge < -0.3 is 30.2 Å². The number of fused-ring (bicyclic) bond motifs is 1. The van der Waals surface area contributed by atoms with Crippen LogP contribution in [0.4, 0.5) is 0 Å². The predicted octanol–water partition coefficient (Wildman–Crippen LogP) is 4.78. The van der Waals surface area contributed by atoms with Crippen LogP contribution in [0.3, 0.4) is 0 Å². The van der Waals surface area contributed by atoms with E-state index in [4.69, 9.17) is 25.3 Å². The summed E-state index contributed by atoms with van der Waals surface area (Å²) in [5.74, 6) is 0.828. The summed E-state index contributed by atoms with van der Waals surface area (Å²) < 4.78 is 12.9. The number of nitrogens with two attached hydrogens (primary N) is 1. The summed E-state index contributed by atoms with van der Waals surface area (Å²) in [5, 5.41) is 11.5. The number of nitrogens with zero attached hydrogens (tertiary/aromatic N) is 2. The van der Waals surface area contributed by atoms with E-state index in [0.717, 1.165) is 34.5 Å². The first-order chi connectivity index (χ1) is 17.9. The third-order valence-corrected chi connectivity index (χ3v) is 6.15. The zero-order chi connectivity index (χ0) is 26.4. The van der Waals surface area contributed by atoms with Crippen molar-refractivity contribution in [2.45, 2.75) is 25.9 Å². The van der Waals surface area contributed by atoms with Crippen LogP contribution < -0.4 is 20.5 Å². The maximum Gasteiger partial charge on any atom is 0.305 e. The molecular formula is C28H32Br2N4O5. The Morgan fingerprint density at radius 3 is 2.28 bits per heavy atom. The Morgan fingerprint density at radius 2 is 1.64 bits per heavy atom. The average molecular weight is 664 g/mol. The molecule has 4 N–H and O–H groups in total. The molecule has 0 atom stereocenters. The monoisotopic (exact) mass is 662 g/mol. The van der Waals surface area contributed by atoms with Gasteiger partial charge in [0, 0.05) is 30.8 Å². The third kappa shape index (κ3) is 7.59. The predicted molar refractivity (Wildman–Crippen MR) is 162 cm³/mol. The van der Waals surface area contributed by atoms with Gasteiger partial charge in [0.2, 0.25) is 0 Å². The molecule has 0 bridgehead atoms. The number of halogens is 2. The number of methoxy groups -OCH3 is 2. The summed E-state index contributed by atoms with van der Waals surface area (Å²) in [7, 11) is 3.22. The van der Waals surface area contributed by atoms with Gasteiger partial charge in [0.1, 0.15) is 5.82 Å². The van der Waals surface area contributed by atoms with Gasteiger partial charge in [-0.05, 0) is 47.9 Å². The summed E-state index contributed by atoms with van der Waals surface area (Å²) in [6.07, 6.45) is 0.582. The highest BCUT2D eigenvalue weighted by Gasteiger charge is 2.16. The standard InChI is InChI=1S/C28H30N4O5.2BrH/c1-36-24-10-5-18(15-25(24)37-2)12-14-32-23-9-8-21(28(35)30-13-11-26(33)34)16-22(23)31-27(32)20-6-3-19(17-29)4-7-20;;/h3-10,15-16H,11-14,17,29H2,1-2H3,(H,30,35)(H,33,34);2*1H. The Hall–Kier alpha value is -3.41. The number of aliphatic carboxylic acids is 1. The number of carbonyl (C=O) groups excluding carboxylic acids is 1. The topological polar surface area (TPSA) is 129 Å². The van der Waals surface area contributed by atoms with E-state index in [1.165, 1.54) is 0 Å². The molecule has 1 heterocycles. The van der Waals surface area contributed by atoms with E-state index in [1.54, 1.807) is 26.4 Å². The molecule has 1 amide bonds. The second-order valence-corrected chi connectivity index (χ2v) is 8.53. The molecule has 0 saturated carbocycles. The number of rotatable bonds is 11. The van der Waals surface area contributed by atoms with Gasteiger partial charge in [-0.15, -0.1) is 34.0 Å². The summed E-state index contributed by atoms with van der Waals surface area (Å²) in [4.78, 5) is 28.2. The van der Waals surface area contributed by atoms with Crippen molar-refractivity contribution in [3.63, 3.8) is 0 Å². The lowest BCUT2D eigenvalue weighted by Crippen LogP contribution is -2.25. The van der Waals surface area contributed by atoms with E-state index < -0.39 is 5.97 Å². The number of carbonyl (C=O) groups is 2. The normalized spacial score (nSPS) is 10.3. The van der Waals surface area contributed by atoms with Crippen molar-refractivity contribution in [2.24, 2.45) is 5.73 Å². The minimum absolute atomic E-state index is 0. The summed E-state index contributed by atoms with van der Waals surface area (Å²) >= 11 is 0. The molecule has 1 aromatic heterocycles. The Labute approximate surface area is 247 Å². The number of hydrogen-bond acceptors (Lipinski definition) is 6. The van der Waals surface area contributed by atoms with E-state index in [2.05, 4.69) is 9.88 Å². The minimum atomic E-state index is -0.964. The number of ether oxygens (including phenoxy) is 2. The lowest BCUT2D eigenvalue weighted by atomic mass is 10.1. The van der Waals surface area contributed by atoms with Crippen molar-refractivity contribution < 1.29 is 24.2 Å². The second-order valence-electron chi connectivity index (χ2n) is 8.53. The molecule has 3 aromatic carbocycles. The minimum Gasteiger partial charge on any atom is -0.493 e. The molecule has 0 fully saturated rings. The van der Waals surface area contributed by atoms with Gasteiger partial charge in [-0.25, -0.2) is 4.98 Å². The Morgan fingerprint density at radius 1 is 0.949 bits per heavy atom. The molecule has 0 aliphatic heterocycles. The molecule has 0 aliphatic rings. The van der Waals surface area contributed by atoms with Crippen LogP contribution in [0.25, 0.3) is 22.4 Å². The first-order valence-electron chi connectivity index (χ1n) is 11.9. The van der Waals surface area contributed by atoms with Crippen LogP contribution in [0.15, 0.2) is 60.7 Å². The van der Waals surface area contributed by atoms with Gasteiger partial charge >= 0.3 is 5.97 Å². The maximum atomic E-state index is 12.6. The van der Waals surface area contributed by atoms with Crippen molar-refractivity contribution in [1.82, 2.24) is 14.9 Å². The van der Waals surface area contributed by atoms with Gasteiger partial charge in [0.15, 0.2) is 11.5 Å². The molecule has 208 valence electrons. The summed E-state index contributed by atoms with van der Waals surface area (Å²) in [5.41, 5.74) is 10.8. The van der Waals surface area contributed by atoms with E-state index in [0.29, 0.717) is 35.7 Å². The SMILES string of the molecule is Br.Br.COc1ccc(CCn2c(-c3ccc(CN)cc3)nc3cc(C(=O)NCCC(=O)O)ccc32)cc1OC. The van der Waals surface area contributed by atoms with Crippen molar-refractivity contribution in [1.29, 1.82) is 0 Å². The van der Waals surface area contributed by atoms with Crippen LogP contribution in [0.1, 0.15) is 27.9 Å². The van der Waals surface area contributed by atoms with Crippen LogP contribution in [0.5, 0.6) is 11.5 Å². The van der Waals surface area contributed by atoms with Crippen LogP contribution in [0.2, 0.25) is 0 Å². The highest BCUT2D eigenvalue weighted by Crippen LogP contribution is 2.30. The highest BCUT2D eigenvalue weighted by atomic mass is 79.9. The number of benzene rings is 3. The Balaban J connectivity index is 0.00000267. The lowest BCUT2D eigenvalue weighted by molar-refractivity contribution is -0.136. The highest BCUT2D eigenvalue weighted by molar-refractivity contribution is 8.93. The van der Waals surface area contributed by atoms with E-state index in [9.17, 15) is 9.59 Å². The molecular weight excluding hydrogens is 632 g/mol. The molecule has 0 unspecified atom stereocenters. The molecule has 0 radical (unpaired) electrons. The zero-order valence-electron chi connectivity index (χ0n) is 21.7. The van der Waals surface area contributed by atoms with Crippen LogP contribution >= 0.6 is 34.0 Å². The first kappa shape index (κ1) is 31.8. The molecule has 0 saturated heterocycles. The first-order valence-corrected chi connectivity index (χ1v) is 11.9. The van der Waals surface area contributed by atoms with Crippen LogP contribution in [0, 0.1) is 0 Å². The number of carboxylic acid groups (broad SMARTS) is 1. The Bertz CT molecular complexity index is 1420. The van der Waals surface area contributed by atoms with Gasteiger partial charge in [0.25, 0.3) is 5.91 Å². The number of aromatic nitrogens is 2. The van der Waals surface area contributed by atoms with E-state index in [-0.39, 0.29) is 52.8 Å². The molecule has 4 aromatic rings. The van der Waals surface area contributed by atoms with Crippen LogP contribution in [-0.2, 0) is 24.3 Å². The largest absolute Gasteiger partial charge is 0.493 e. The van der Waals surface area contributed by atoms with E-state index >= 15 is 0 Å². The van der Waals surface area contributed by atoms with E-state index in [1.807, 2.05) is 48.5 Å². The summed E-state index contributed by atoms with van der Waals surface area (Å²) in [6, 6.07) is 19.2. The fraction of sp³-hybridized carbons (Fsp3) is 0.250. The molecule has 11 heteroatoms. The lowest BCUT2D eigenvalue weighted by Gasteiger charge is -2.12. The van der Waals surface area contributed by atoms with Gasteiger partial charge in [-0.1, -0.05) is 30.3 Å². The molecule has 0 aliphatic carbocycles. The van der Waals surface area contributed by atoms with Crippen molar-refractivity contribution in [3.05, 3.63) is 77.4 Å². The van der Waals surface area contributed by atoms with Gasteiger partial charge in [-0.3, -0.25) is 9.59 Å². The number of aryl methyl sites for hydroxylation is 2. The number of carboxylic acids is 1. The van der Waals surface area contributed by atoms with Crippen molar-refractivity contribution in [2.75, 3.05) is 20.8 Å². The number of imidazole rings is 1. The van der Waals surface area contributed by atoms with Crippen LogP contribution in [-0.4, -0.2) is 47.3 Å². The number of hydrogen-bond donors (Lipinski definition) is 3. The molecule has 0 spiro atoms. The molecule has 39 heavy (non-hydrogen) atoms. The van der Waals surface area contributed by atoms with Crippen molar-refractivity contribution in [3.8, 4) is 22.9 Å². The fourth-order valence-corrected chi connectivity index (χ4v) is 4.17. The van der Waals surface area contributed by atoms with Crippen molar-refractivity contribution >= 4 is 56.9 Å². The Kier molecular flexibility index (Phi) is 12.0. The summed E-state index contributed by atoms with van der Waals surface area (Å²) in [6.45, 7) is 1.16. The number of nitrogens with one attached hydrogen (secondary N) is 1. The van der Waals surface area contributed by atoms with Gasteiger partial charge in [0.05, 0.1) is 31.7 Å². The average Bonchev–Trinajstić information content (AvgIpc) is 3.29. The van der Waals surface area contributed by atoms with Gasteiger partial charge in [-0.2, -0.15) is 0 Å². The maximum absolute atomic E-state index is 12.6. The third-order valence-electron chi connectivity index (χ3n) is 6.15. The molecule has 9 nitrogen and oxygen atoms in total. The second kappa shape index (κ2) is 14.7.